The molecule has 4 rings (SSSR count). The van der Waals surface area contributed by atoms with Gasteiger partial charge in [0.1, 0.15) is 0 Å². The number of hydrogen-bond donors (Lipinski definition) is 0. The number of rotatable bonds is 3. The summed E-state index contributed by atoms with van der Waals surface area (Å²) in [6.07, 6.45) is 5.61. The third kappa shape index (κ3) is 3.27. The maximum atomic E-state index is 4.78. The van der Waals surface area contributed by atoms with E-state index in [1.54, 1.807) is 6.20 Å². The minimum Gasteiger partial charge on any atom is -0.368 e. The molecule has 0 aliphatic carbocycles. The van der Waals surface area contributed by atoms with Crippen LogP contribution in [0.25, 0.3) is 0 Å². The zero-order chi connectivity index (χ0) is 16.2. The molecule has 6 heteroatoms. The van der Waals surface area contributed by atoms with E-state index < -0.39 is 0 Å². The Morgan fingerprint density at radius 2 is 1.42 bits per heavy atom. The first-order valence-corrected chi connectivity index (χ1v) is 8.90. The second-order valence-electron chi connectivity index (χ2n) is 6.47. The number of hydrogen-bond acceptors (Lipinski definition) is 6. The summed E-state index contributed by atoms with van der Waals surface area (Å²) in [5.74, 6) is 1.75. The Morgan fingerprint density at radius 1 is 0.708 bits per heavy atom. The van der Waals surface area contributed by atoms with Gasteiger partial charge in [0.2, 0.25) is 5.95 Å². The van der Waals surface area contributed by atoms with Gasteiger partial charge in [0.05, 0.1) is 6.20 Å². The molecule has 6 nitrogen and oxygen atoms in total. The minimum atomic E-state index is 0.769. The first kappa shape index (κ1) is 15.2. The van der Waals surface area contributed by atoms with E-state index in [-0.39, 0.29) is 0 Å². The third-order valence-corrected chi connectivity index (χ3v) is 4.90. The molecule has 2 fully saturated rings. The van der Waals surface area contributed by atoms with Crippen molar-refractivity contribution in [1.29, 1.82) is 0 Å². The van der Waals surface area contributed by atoms with Gasteiger partial charge in [-0.3, -0.25) is 0 Å². The molecular formula is C18H24N6. The normalized spacial score (nSPS) is 18.8. The molecule has 2 saturated heterocycles. The molecule has 0 amide bonds. The molecule has 0 spiro atoms. The minimum absolute atomic E-state index is 0.769. The van der Waals surface area contributed by atoms with E-state index in [0.717, 1.165) is 51.0 Å². The lowest BCUT2D eigenvalue weighted by Crippen LogP contribution is -2.47. The number of anilines is 3. The summed E-state index contributed by atoms with van der Waals surface area (Å²) >= 11 is 0. The Morgan fingerprint density at radius 3 is 2.17 bits per heavy atom. The Kier molecular flexibility index (Phi) is 4.44. The molecule has 0 saturated carbocycles. The number of piperazine rings is 1. The molecule has 24 heavy (non-hydrogen) atoms. The molecule has 0 radical (unpaired) electrons. The van der Waals surface area contributed by atoms with Gasteiger partial charge >= 0.3 is 0 Å². The van der Waals surface area contributed by atoms with E-state index in [2.05, 4.69) is 55.2 Å². The van der Waals surface area contributed by atoms with Gasteiger partial charge in [-0.05, 0) is 31.4 Å². The molecule has 0 unspecified atom stereocenters. The van der Waals surface area contributed by atoms with Crippen molar-refractivity contribution in [1.82, 2.24) is 15.2 Å². The average molecular weight is 324 g/mol. The molecule has 0 bridgehead atoms. The molecule has 2 aromatic rings. The molecule has 1 aromatic heterocycles. The van der Waals surface area contributed by atoms with Crippen LogP contribution in [0.5, 0.6) is 0 Å². The quantitative estimate of drug-likeness (QED) is 0.862. The van der Waals surface area contributed by atoms with Crippen molar-refractivity contribution in [3.05, 3.63) is 36.5 Å². The first-order valence-electron chi connectivity index (χ1n) is 8.90. The Labute approximate surface area is 143 Å². The monoisotopic (exact) mass is 324 g/mol. The molecule has 2 aliphatic rings. The van der Waals surface area contributed by atoms with Crippen molar-refractivity contribution >= 4 is 17.5 Å². The second-order valence-corrected chi connectivity index (χ2v) is 6.47. The molecular weight excluding hydrogens is 300 g/mol. The van der Waals surface area contributed by atoms with Crippen LogP contribution in [-0.2, 0) is 0 Å². The second kappa shape index (κ2) is 7.03. The van der Waals surface area contributed by atoms with Crippen molar-refractivity contribution in [2.24, 2.45) is 0 Å². The fourth-order valence-electron chi connectivity index (χ4n) is 3.50. The number of para-hydroxylation sites is 1. The van der Waals surface area contributed by atoms with E-state index >= 15 is 0 Å². The molecule has 2 aliphatic heterocycles. The van der Waals surface area contributed by atoms with E-state index in [9.17, 15) is 0 Å². The van der Waals surface area contributed by atoms with Gasteiger partial charge in [-0.2, -0.15) is 10.1 Å². The summed E-state index contributed by atoms with van der Waals surface area (Å²) in [6, 6.07) is 10.6. The van der Waals surface area contributed by atoms with E-state index in [0.29, 0.717) is 0 Å². The van der Waals surface area contributed by atoms with E-state index in [1.165, 1.54) is 24.9 Å². The number of benzene rings is 1. The maximum absolute atomic E-state index is 4.78. The topological polar surface area (TPSA) is 48.4 Å². The molecule has 0 N–H and O–H groups in total. The van der Waals surface area contributed by atoms with Crippen LogP contribution in [0.4, 0.5) is 17.5 Å². The number of nitrogens with zero attached hydrogens (tertiary/aromatic N) is 6. The van der Waals surface area contributed by atoms with Crippen molar-refractivity contribution in [3.8, 4) is 0 Å². The van der Waals surface area contributed by atoms with E-state index in [4.69, 9.17) is 4.98 Å². The van der Waals surface area contributed by atoms with Crippen LogP contribution in [0.3, 0.4) is 0 Å². The first-order chi connectivity index (χ1) is 11.9. The summed E-state index contributed by atoms with van der Waals surface area (Å²) < 4.78 is 0. The van der Waals surface area contributed by atoms with Crippen LogP contribution >= 0.6 is 0 Å². The Balaban J connectivity index is 1.42. The van der Waals surface area contributed by atoms with Crippen LogP contribution in [0.1, 0.15) is 19.3 Å². The lowest BCUT2D eigenvalue weighted by molar-refractivity contribution is 0.569. The molecule has 3 heterocycles. The van der Waals surface area contributed by atoms with Gasteiger partial charge in [0, 0.05) is 45.0 Å². The predicted octanol–water partition coefficient (Wildman–Crippen LogP) is 2.19. The van der Waals surface area contributed by atoms with Crippen LogP contribution in [0, 0.1) is 0 Å². The summed E-state index contributed by atoms with van der Waals surface area (Å²) in [5, 5.41) is 8.48. The van der Waals surface area contributed by atoms with Gasteiger partial charge in [0.15, 0.2) is 5.82 Å². The van der Waals surface area contributed by atoms with Crippen LogP contribution in [0.2, 0.25) is 0 Å². The summed E-state index contributed by atoms with van der Waals surface area (Å²) in [5.41, 5.74) is 1.29. The molecule has 1 aromatic carbocycles. The standard InChI is InChI=1S/C18H24N6/c1-3-7-16(8-4-1)22-11-13-24(14-12-22)18-20-17(15-19-21-18)23-9-5-2-6-10-23/h1,3-4,7-8,15H,2,5-6,9-14H2. The SMILES string of the molecule is c1ccc(N2CCN(c3nncc(N4CCCCC4)n3)CC2)cc1. The molecule has 0 atom stereocenters. The summed E-state index contributed by atoms with van der Waals surface area (Å²) in [7, 11) is 0. The van der Waals surface area contributed by atoms with Crippen molar-refractivity contribution in [2.75, 3.05) is 54.0 Å². The highest BCUT2D eigenvalue weighted by Crippen LogP contribution is 2.21. The Bertz CT molecular complexity index is 648. The zero-order valence-electron chi connectivity index (χ0n) is 14.0. The smallest absolute Gasteiger partial charge is 0.247 e. The highest BCUT2D eigenvalue weighted by atomic mass is 15.4. The number of piperidine rings is 1. The highest BCUT2D eigenvalue weighted by Gasteiger charge is 2.21. The fourth-order valence-corrected chi connectivity index (χ4v) is 3.50. The van der Waals surface area contributed by atoms with Gasteiger partial charge < -0.3 is 14.7 Å². The zero-order valence-corrected chi connectivity index (χ0v) is 14.0. The van der Waals surface area contributed by atoms with Crippen LogP contribution < -0.4 is 14.7 Å². The van der Waals surface area contributed by atoms with Crippen molar-refractivity contribution in [2.45, 2.75) is 19.3 Å². The summed E-state index contributed by atoms with van der Waals surface area (Å²) in [6.45, 7) is 6.00. The van der Waals surface area contributed by atoms with Crippen molar-refractivity contribution in [3.63, 3.8) is 0 Å². The lowest BCUT2D eigenvalue weighted by Gasteiger charge is -2.36. The molecule has 126 valence electrons. The number of aromatic nitrogens is 3. The predicted molar refractivity (Wildman–Crippen MR) is 96.8 cm³/mol. The largest absolute Gasteiger partial charge is 0.368 e. The van der Waals surface area contributed by atoms with Crippen LogP contribution in [-0.4, -0.2) is 54.4 Å². The maximum Gasteiger partial charge on any atom is 0.247 e. The van der Waals surface area contributed by atoms with Gasteiger partial charge in [-0.15, -0.1) is 5.10 Å². The van der Waals surface area contributed by atoms with Crippen molar-refractivity contribution < 1.29 is 0 Å². The van der Waals surface area contributed by atoms with E-state index in [1.807, 2.05) is 0 Å². The van der Waals surface area contributed by atoms with Crippen LogP contribution in [0.15, 0.2) is 36.5 Å². The third-order valence-electron chi connectivity index (χ3n) is 4.90. The van der Waals surface area contributed by atoms with Gasteiger partial charge in [-0.25, -0.2) is 0 Å². The lowest BCUT2D eigenvalue weighted by atomic mass is 10.1. The highest BCUT2D eigenvalue weighted by molar-refractivity contribution is 5.49. The summed E-state index contributed by atoms with van der Waals surface area (Å²) in [4.78, 5) is 11.8. The fraction of sp³-hybridized carbons (Fsp3) is 0.500. The van der Waals surface area contributed by atoms with Gasteiger partial charge in [0.25, 0.3) is 0 Å². The Hall–Kier alpha value is -2.37. The van der Waals surface area contributed by atoms with Gasteiger partial charge in [-0.1, -0.05) is 18.2 Å². The average Bonchev–Trinajstić information content (AvgIpc) is 2.70.